The molecule has 0 aliphatic carbocycles. The number of pyridine rings is 1. The first-order chi connectivity index (χ1) is 16.5. The summed E-state index contributed by atoms with van der Waals surface area (Å²) in [7, 11) is 3.94. The van der Waals surface area contributed by atoms with E-state index in [0.29, 0.717) is 36.6 Å². The maximum atomic E-state index is 13.5. The zero-order valence-corrected chi connectivity index (χ0v) is 19.2. The number of quaternary nitrogens is 1. The molecule has 7 heteroatoms. The number of aromatic nitrogens is 1. The van der Waals surface area contributed by atoms with Crippen LogP contribution in [0.4, 0.5) is 0 Å². The molecule has 1 amide bonds. The van der Waals surface area contributed by atoms with Gasteiger partial charge < -0.3 is 19.6 Å². The summed E-state index contributed by atoms with van der Waals surface area (Å²) in [5.74, 6) is -1.25. The fraction of sp³-hybridized carbons (Fsp3) is 0.222. The lowest BCUT2D eigenvalue weighted by molar-refractivity contribution is -0.857. The first-order valence-electron chi connectivity index (χ1n) is 11.2. The van der Waals surface area contributed by atoms with Crippen LogP contribution in [0, 0.1) is 0 Å². The second kappa shape index (κ2) is 10.3. The number of benzene rings is 2. The molecule has 0 bridgehead atoms. The Morgan fingerprint density at radius 3 is 2.41 bits per heavy atom. The molecular formula is C27H27N3O4. The second-order valence-electron chi connectivity index (χ2n) is 8.52. The highest BCUT2D eigenvalue weighted by Gasteiger charge is 2.44. The lowest BCUT2D eigenvalue weighted by Crippen LogP contribution is -3.06. The average molecular weight is 458 g/mol. The van der Waals surface area contributed by atoms with Gasteiger partial charge in [-0.2, -0.15) is 0 Å². The number of likely N-dealkylation sites (tertiary alicyclic amines) is 1. The number of hydrogen-bond donors (Lipinski definition) is 1. The molecule has 0 radical (unpaired) electrons. The van der Waals surface area contributed by atoms with Crippen LogP contribution >= 0.6 is 0 Å². The number of rotatable bonds is 8. The van der Waals surface area contributed by atoms with Gasteiger partial charge in [-0.3, -0.25) is 14.6 Å². The van der Waals surface area contributed by atoms with Crippen molar-refractivity contribution in [3.8, 4) is 5.75 Å². The highest BCUT2D eigenvalue weighted by Crippen LogP contribution is 2.38. The van der Waals surface area contributed by atoms with Gasteiger partial charge in [0.2, 0.25) is 5.78 Å². The summed E-state index contributed by atoms with van der Waals surface area (Å²) in [6, 6.07) is 19.2. The summed E-state index contributed by atoms with van der Waals surface area (Å²) in [6.45, 7) is 1.41. The molecule has 2 heterocycles. The topological polar surface area (TPSA) is 87.0 Å². The van der Waals surface area contributed by atoms with E-state index >= 15 is 0 Å². The Morgan fingerprint density at radius 2 is 1.76 bits per heavy atom. The summed E-state index contributed by atoms with van der Waals surface area (Å²) in [5.41, 5.74) is 1.97. The summed E-state index contributed by atoms with van der Waals surface area (Å²) in [5, 5.41) is 13.5. The van der Waals surface area contributed by atoms with E-state index in [1.807, 2.05) is 44.4 Å². The molecule has 1 saturated heterocycles. The van der Waals surface area contributed by atoms with Crippen LogP contribution < -0.4 is 14.7 Å². The van der Waals surface area contributed by atoms with Crippen molar-refractivity contribution in [1.29, 1.82) is 0 Å². The highest BCUT2D eigenvalue weighted by molar-refractivity contribution is 6.46. The molecule has 1 aromatic heterocycles. The average Bonchev–Trinajstić information content (AvgIpc) is 3.12. The molecule has 0 saturated carbocycles. The Morgan fingerprint density at radius 1 is 1.03 bits per heavy atom. The lowest BCUT2D eigenvalue weighted by Gasteiger charge is -2.27. The number of hydrogen-bond acceptors (Lipinski definition) is 5. The summed E-state index contributed by atoms with van der Waals surface area (Å²) in [4.78, 5) is 32.6. The van der Waals surface area contributed by atoms with E-state index in [9.17, 15) is 14.7 Å². The van der Waals surface area contributed by atoms with E-state index in [-0.39, 0.29) is 5.57 Å². The molecule has 174 valence electrons. The first-order valence-corrected chi connectivity index (χ1v) is 11.2. The van der Waals surface area contributed by atoms with Crippen molar-refractivity contribution in [3.63, 3.8) is 0 Å². The van der Waals surface area contributed by atoms with E-state index < -0.39 is 23.5 Å². The van der Waals surface area contributed by atoms with Gasteiger partial charge in [0.25, 0.3) is 5.91 Å². The smallest absolute Gasteiger partial charge is 0.295 e. The van der Waals surface area contributed by atoms with Gasteiger partial charge >= 0.3 is 0 Å². The number of Topliss-reactive ketones (excluding diaryl/α,β-unsaturated/α-hetero) is 1. The van der Waals surface area contributed by atoms with E-state index in [1.165, 1.54) is 4.90 Å². The van der Waals surface area contributed by atoms with Gasteiger partial charge in [0.15, 0.2) is 0 Å². The number of ether oxygens (including phenoxy) is 1. The van der Waals surface area contributed by atoms with Crippen LogP contribution in [0.5, 0.6) is 5.75 Å². The first kappa shape index (κ1) is 23.2. The zero-order valence-electron chi connectivity index (χ0n) is 19.2. The van der Waals surface area contributed by atoms with Crippen molar-refractivity contribution in [2.45, 2.75) is 12.6 Å². The highest BCUT2D eigenvalue weighted by atomic mass is 16.5. The number of nitrogens with one attached hydrogen (secondary N) is 1. The number of amides is 1. The van der Waals surface area contributed by atoms with Crippen molar-refractivity contribution >= 4 is 17.4 Å². The standard InChI is InChI=1S/C27H27N3O4/c1-29(2)15-16-30-24(21-9-6-14-28-17-21)23(26(32)27(30)33)25(31)20-10-12-22(13-11-20)34-18-19-7-4-3-5-8-19/h3-14,17,24,31H,15-16,18H2,1-2H3/b25-23+. The summed E-state index contributed by atoms with van der Waals surface area (Å²) in [6.07, 6.45) is 3.21. The van der Waals surface area contributed by atoms with Gasteiger partial charge in [-0.25, -0.2) is 0 Å². The van der Waals surface area contributed by atoms with Crippen LogP contribution in [0.1, 0.15) is 22.7 Å². The normalized spacial score (nSPS) is 17.4. The van der Waals surface area contributed by atoms with Gasteiger partial charge in [0, 0.05) is 18.0 Å². The molecule has 7 nitrogen and oxygen atoms in total. The van der Waals surface area contributed by atoms with Crippen molar-refractivity contribution in [1.82, 2.24) is 9.88 Å². The van der Waals surface area contributed by atoms with Crippen LogP contribution in [0.25, 0.3) is 5.76 Å². The van der Waals surface area contributed by atoms with Gasteiger partial charge in [0.1, 0.15) is 12.4 Å². The Balaban J connectivity index is 1.63. The molecule has 1 fully saturated rings. The van der Waals surface area contributed by atoms with E-state index in [4.69, 9.17) is 4.74 Å². The fourth-order valence-corrected chi connectivity index (χ4v) is 3.93. The Labute approximate surface area is 198 Å². The number of likely N-dealkylation sites (N-methyl/N-ethyl adjacent to an activating group) is 1. The molecule has 1 unspecified atom stereocenters. The number of carbonyl (C=O) groups excluding carboxylic acids is 2. The Kier molecular flexibility index (Phi) is 7.04. The molecule has 0 spiro atoms. The Bertz CT molecular complexity index is 1180. The van der Waals surface area contributed by atoms with E-state index in [1.54, 1.807) is 48.8 Å². The van der Waals surface area contributed by atoms with Crippen molar-refractivity contribution < 1.29 is 24.3 Å². The molecule has 1 N–H and O–H groups in total. The van der Waals surface area contributed by atoms with Gasteiger partial charge in [-0.15, -0.1) is 0 Å². The minimum Gasteiger partial charge on any atom is -0.872 e. The summed E-state index contributed by atoms with van der Waals surface area (Å²) < 4.78 is 5.79. The second-order valence-corrected chi connectivity index (χ2v) is 8.52. The monoisotopic (exact) mass is 457 g/mol. The predicted octanol–water partition coefficient (Wildman–Crippen LogP) is 1.03. The largest absolute Gasteiger partial charge is 0.872 e. The molecule has 1 aliphatic rings. The third kappa shape index (κ3) is 5.00. The number of carbonyl (C=O) groups is 2. The number of ketones is 1. The van der Waals surface area contributed by atoms with Crippen molar-refractivity contribution in [2.24, 2.45) is 0 Å². The minimum atomic E-state index is -0.755. The van der Waals surface area contributed by atoms with Crippen LogP contribution in [-0.2, 0) is 16.2 Å². The maximum Gasteiger partial charge on any atom is 0.295 e. The van der Waals surface area contributed by atoms with Gasteiger partial charge in [-0.1, -0.05) is 54.3 Å². The van der Waals surface area contributed by atoms with Crippen LogP contribution in [0.3, 0.4) is 0 Å². The van der Waals surface area contributed by atoms with E-state index in [2.05, 4.69) is 4.98 Å². The maximum absolute atomic E-state index is 13.5. The molecule has 1 atom stereocenters. The minimum absolute atomic E-state index is 0.0373. The molecule has 1 aliphatic heterocycles. The number of nitrogens with zero attached hydrogens (tertiary/aromatic N) is 2. The van der Waals surface area contributed by atoms with Gasteiger partial charge in [0.05, 0.1) is 33.2 Å². The molecular weight excluding hydrogens is 430 g/mol. The SMILES string of the molecule is C[NH+](C)CCN1C(=O)C(=O)/C(=C(/[O-])c2ccc(OCc3ccccc3)cc2)C1c1cccnc1. The van der Waals surface area contributed by atoms with Crippen LogP contribution in [0.2, 0.25) is 0 Å². The zero-order chi connectivity index (χ0) is 24.1. The lowest BCUT2D eigenvalue weighted by atomic mass is 9.96. The van der Waals surface area contributed by atoms with Crippen molar-refractivity contribution in [2.75, 3.05) is 27.2 Å². The summed E-state index contributed by atoms with van der Waals surface area (Å²) >= 11 is 0. The fourth-order valence-electron chi connectivity index (χ4n) is 3.93. The van der Waals surface area contributed by atoms with E-state index in [0.717, 1.165) is 10.5 Å². The van der Waals surface area contributed by atoms with Crippen LogP contribution in [-0.4, -0.2) is 48.8 Å². The molecule has 2 aromatic carbocycles. The quantitative estimate of drug-likeness (QED) is 0.310. The third-order valence-electron chi connectivity index (χ3n) is 5.75. The molecule has 3 aromatic rings. The predicted molar refractivity (Wildman–Crippen MR) is 126 cm³/mol. The third-order valence-corrected chi connectivity index (χ3v) is 5.75. The van der Waals surface area contributed by atoms with Crippen LogP contribution in [0.15, 0.2) is 84.7 Å². The Hall–Kier alpha value is -3.97. The van der Waals surface area contributed by atoms with Gasteiger partial charge in [-0.05, 0) is 34.9 Å². The molecule has 4 rings (SSSR count). The van der Waals surface area contributed by atoms with Crippen molar-refractivity contribution in [3.05, 3.63) is 101 Å². The molecule has 34 heavy (non-hydrogen) atoms.